The highest BCUT2D eigenvalue weighted by atomic mass is 16.5. The van der Waals surface area contributed by atoms with Gasteiger partial charge in [0.1, 0.15) is 5.75 Å². The number of ether oxygens (including phenoxy) is 1. The molecule has 0 atom stereocenters. The second-order valence-corrected chi connectivity index (χ2v) is 7.98. The molecule has 3 aromatic carbocycles. The second-order valence-electron chi connectivity index (χ2n) is 7.98. The summed E-state index contributed by atoms with van der Waals surface area (Å²) in [7, 11) is 1.66. The largest absolute Gasteiger partial charge is 0.497 e. The molecule has 4 rings (SSSR count). The van der Waals surface area contributed by atoms with E-state index in [4.69, 9.17) is 10.5 Å². The molecule has 170 valence electrons. The highest BCUT2D eigenvalue weighted by Crippen LogP contribution is 2.21. The summed E-state index contributed by atoms with van der Waals surface area (Å²) in [5, 5.41) is 2.81. The third-order valence-corrected chi connectivity index (χ3v) is 5.85. The van der Waals surface area contributed by atoms with E-state index in [0.717, 1.165) is 30.1 Å². The predicted octanol–water partition coefficient (Wildman–Crippen LogP) is 3.42. The molecule has 1 aliphatic rings. The third-order valence-electron chi connectivity index (χ3n) is 5.85. The number of carbonyl (C=O) groups is 2. The summed E-state index contributed by atoms with van der Waals surface area (Å²) in [5.41, 5.74) is 9.51. The van der Waals surface area contributed by atoms with E-state index in [1.165, 1.54) is 0 Å². The van der Waals surface area contributed by atoms with Crippen LogP contribution in [-0.4, -0.2) is 50.0 Å². The Labute approximate surface area is 193 Å². The van der Waals surface area contributed by atoms with Gasteiger partial charge in [0.25, 0.3) is 5.91 Å². The van der Waals surface area contributed by atoms with Gasteiger partial charge in [0.2, 0.25) is 5.91 Å². The Morgan fingerprint density at radius 3 is 2.21 bits per heavy atom. The van der Waals surface area contributed by atoms with Gasteiger partial charge >= 0.3 is 0 Å². The zero-order valence-corrected chi connectivity index (χ0v) is 18.7. The molecule has 0 radical (unpaired) electrons. The zero-order valence-electron chi connectivity index (χ0n) is 18.7. The van der Waals surface area contributed by atoms with Gasteiger partial charge in [-0.25, -0.2) is 0 Å². The summed E-state index contributed by atoms with van der Waals surface area (Å²) in [6, 6.07) is 22.2. The fourth-order valence-electron chi connectivity index (χ4n) is 3.87. The SMILES string of the molecule is COc1ccc(N2CCN(C(=O)Cc3ccc(C(=O)Nc4ccccc4N)cc3)CC2)cc1. The number of piperazine rings is 1. The highest BCUT2D eigenvalue weighted by Gasteiger charge is 2.21. The van der Waals surface area contributed by atoms with Crippen LogP contribution in [0.25, 0.3) is 0 Å². The number of amides is 2. The number of carbonyl (C=O) groups excluding carboxylic acids is 2. The van der Waals surface area contributed by atoms with Crippen LogP contribution in [0.15, 0.2) is 72.8 Å². The third kappa shape index (κ3) is 5.44. The molecule has 3 N–H and O–H groups in total. The normalized spacial score (nSPS) is 13.5. The van der Waals surface area contributed by atoms with Crippen molar-refractivity contribution in [2.45, 2.75) is 6.42 Å². The molecule has 0 spiro atoms. The number of rotatable bonds is 6. The maximum absolute atomic E-state index is 12.8. The Morgan fingerprint density at radius 1 is 0.909 bits per heavy atom. The molecular formula is C26H28N4O3. The molecule has 2 amide bonds. The van der Waals surface area contributed by atoms with Gasteiger partial charge in [-0.05, 0) is 54.1 Å². The fraction of sp³-hybridized carbons (Fsp3) is 0.231. The topological polar surface area (TPSA) is 87.9 Å². The molecule has 1 heterocycles. The van der Waals surface area contributed by atoms with Crippen molar-refractivity contribution in [2.75, 3.05) is 49.2 Å². The predicted molar refractivity (Wildman–Crippen MR) is 131 cm³/mol. The van der Waals surface area contributed by atoms with E-state index in [-0.39, 0.29) is 11.8 Å². The minimum Gasteiger partial charge on any atom is -0.497 e. The van der Waals surface area contributed by atoms with Crippen LogP contribution in [0, 0.1) is 0 Å². The van der Waals surface area contributed by atoms with Crippen molar-refractivity contribution in [3.63, 3.8) is 0 Å². The van der Waals surface area contributed by atoms with E-state index < -0.39 is 0 Å². The molecule has 0 aliphatic carbocycles. The maximum atomic E-state index is 12.8. The first-order valence-corrected chi connectivity index (χ1v) is 10.9. The molecule has 7 nitrogen and oxygen atoms in total. The number of benzene rings is 3. The number of nitrogens with two attached hydrogens (primary N) is 1. The van der Waals surface area contributed by atoms with Gasteiger partial charge in [-0.15, -0.1) is 0 Å². The quantitative estimate of drug-likeness (QED) is 0.569. The monoisotopic (exact) mass is 444 g/mol. The molecule has 0 saturated carbocycles. The van der Waals surface area contributed by atoms with Crippen molar-refractivity contribution in [1.82, 2.24) is 4.90 Å². The van der Waals surface area contributed by atoms with Crippen molar-refractivity contribution in [3.05, 3.63) is 83.9 Å². The first-order chi connectivity index (χ1) is 16.0. The van der Waals surface area contributed by atoms with Crippen LogP contribution in [0.3, 0.4) is 0 Å². The second kappa shape index (κ2) is 10.1. The summed E-state index contributed by atoms with van der Waals surface area (Å²) in [6.45, 7) is 2.95. The van der Waals surface area contributed by atoms with Crippen molar-refractivity contribution in [1.29, 1.82) is 0 Å². The number of para-hydroxylation sites is 2. The van der Waals surface area contributed by atoms with Crippen LogP contribution in [0.2, 0.25) is 0 Å². The smallest absolute Gasteiger partial charge is 0.255 e. The van der Waals surface area contributed by atoms with E-state index in [1.54, 1.807) is 31.4 Å². The van der Waals surface area contributed by atoms with Gasteiger partial charge in [-0.2, -0.15) is 0 Å². The Balaban J connectivity index is 1.29. The Hall–Kier alpha value is -4.00. The molecule has 1 fully saturated rings. The zero-order chi connectivity index (χ0) is 23.2. The summed E-state index contributed by atoms with van der Waals surface area (Å²) < 4.78 is 5.21. The molecule has 0 aromatic heterocycles. The van der Waals surface area contributed by atoms with Gasteiger partial charge in [-0.3, -0.25) is 9.59 Å². The van der Waals surface area contributed by atoms with Crippen molar-refractivity contribution >= 4 is 28.9 Å². The standard InChI is InChI=1S/C26H28N4O3/c1-33-22-12-10-21(11-13-22)29-14-16-30(17-15-29)25(31)18-19-6-8-20(9-7-19)26(32)28-24-5-3-2-4-23(24)27/h2-13H,14-18,27H2,1H3,(H,28,32). The first-order valence-electron chi connectivity index (χ1n) is 10.9. The molecule has 1 saturated heterocycles. The lowest BCUT2D eigenvalue weighted by Gasteiger charge is -2.36. The molecule has 1 aliphatic heterocycles. The highest BCUT2D eigenvalue weighted by molar-refractivity contribution is 6.05. The Kier molecular flexibility index (Phi) is 6.78. The summed E-state index contributed by atoms with van der Waals surface area (Å²) in [4.78, 5) is 29.4. The number of nitrogens with zero attached hydrogens (tertiary/aromatic N) is 2. The van der Waals surface area contributed by atoms with Crippen molar-refractivity contribution in [2.24, 2.45) is 0 Å². The molecule has 7 heteroatoms. The number of hydrogen-bond donors (Lipinski definition) is 2. The molecular weight excluding hydrogens is 416 g/mol. The summed E-state index contributed by atoms with van der Waals surface area (Å²) in [5.74, 6) is 0.694. The van der Waals surface area contributed by atoms with E-state index in [1.807, 2.05) is 53.4 Å². The van der Waals surface area contributed by atoms with E-state index in [2.05, 4.69) is 10.2 Å². The average molecular weight is 445 g/mol. The van der Waals surface area contributed by atoms with Gasteiger partial charge in [0.05, 0.1) is 24.9 Å². The molecule has 3 aromatic rings. The summed E-state index contributed by atoms with van der Waals surface area (Å²) >= 11 is 0. The number of methoxy groups -OCH3 is 1. The van der Waals surface area contributed by atoms with Crippen LogP contribution < -0.4 is 20.7 Å². The number of nitrogens with one attached hydrogen (secondary N) is 1. The fourth-order valence-corrected chi connectivity index (χ4v) is 3.87. The van der Waals surface area contributed by atoms with Gasteiger partial charge in [0, 0.05) is 37.4 Å². The maximum Gasteiger partial charge on any atom is 0.255 e. The van der Waals surface area contributed by atoms with Crippen molar-refractivity contribution in [3.8, 4) is 5.75 Å². The van der Waals surface area contributed by atoms with E-state index >= 15 is 0 Å². The minimum atomic E-state index is -0.236. The van der Waals surface area contributed by atoms with Crippen LogP contribution >= 0.6 is 0 Å². The number of nitrogen functional groups attached to an aromatic ring is 1. The number of anilines is 3. The number of hydrogen-bond acceptors (Lipinski definition) is 5. The Bertz CT molecular complexity index is 1110. The molecule has 33 heavy (non-hydrogen) atoms. The lowest BCUT2D eigenvalue weighted by Crippen LogP contribution is -2.49. The molecule has 0 bridgehead atoms. The van der Waals surface area contributed by atoms with Gasteiger partial charge < -0.3 is 25.6 Å². The molecule has 0 unspecified atom stereocenters. The van der Waals surface area contributed by atoms with Gasteiger partial charge in [-0.1, -0.05) is 24.3 Å². The lowest BCUT2D eigenvalue weighted by atomic mass is 10.1. The lowest BCUT2D eigenvalue weighted by molar-refractivity contribution is -0.130. The van der Waals surface area contributed by atoms with Crippen molar-refractivity contribution < 1.29 is 14.3 Å². The van der Waals surface area contributed by atoms with Crippen LogP contribution in [0.1, 0.15) is 15.9 Å². The average Bonchev–Trinajstić information content (AvgIpc) is 2.86. The van der Waals surface area contributed by atoms with E-state index in [0.29, 0.717) is 36.4 Å². The van der Waals surface area contributed by atoms with Crippen LogP contribution in [0.4, 0.5) is 17.1 Å². The van der Waals surface area contributed by atoms with E-state index in [9.17, 15) is 9.59 Å². The van der Waals surface area contributed by atoms with Gasteiger partial charge in [0.15, 0.2) is 0 Å². The first kappa shape index (κ1) is 22.2. The Morgan fingerprint density at radius 2 is 1.58 bits per heavy atom. The van der Waals surface area contributed by atoms with Crippen LogP contribution in [-0.2, 0) is 11.2 Å². The van der Waals surface area contributed by atoms with Crippen LogP contribution in [0.5, 0.6) is 5.75 Å². The summed E-state index contributed by atoms with van der Waals surface area (Å²) in [6.07, 6.45) is 0.316. The minimum absolute atomic E-state index is 0.0960.